The molecule has 1 aromatic carbocycles. The Kier molecular flexibility index (Phi) is 4.37. The van der Waals surface area contributed by atoms with Crippen LogP contribution in [0.4, 0.5) is 22.1 Å². The summed E-state index contributed by atoms with van der Waals surface area (Å²) in [6.07, 6.45) is 1.68. The number of carbonyl (C=O) groups excluding carboxylic acids is 1. The Morgan fingerprint density at radius 1 is 0.929 bits per heavy atom. The number of hydrogen-bond acceptors (Lipinski definition) is 6. The molecule has 2 aromatic heterocycles. The van der Waals surface area contributed by atoms with E-state index in [1.165, 1.54) is 0 Å². The number of urea groups is 1. The summed E-state index contributed by atoms with van der Waals surface area (Å²) in [4.78, 5) is 23.7. The van der Waals surface area contributed by atoms with Crippen LogP contribution >= 0.6 is 12.8 Å². The quantitative estimate of drug-likeness (QED) is 0.690. The Morgan fingerprint density at radius 3 is 2.46 bits per heavy atom. The number of para-hydroxylation sites is 1. The molecule has 3 aromatic rings. The van der Waals surface area contributed by atoms with Crippen molar-refractivity contribution in [1.82, 2.24) is 9.29 Å². The summed E-state index contributed by atoms with van der Waals surface area (Å²) in [5, 5.41) is 0.958. The fourth-order valence-electron chi connectivity index (χ4n) is 3.80. The predicted molar refractivity (Wildman–Crippen MR) is 113 cm³/mol. The van der Waals surface area contributed by atoms with Gasteiger partial charge in [0.2, 0.25) is 0 Å². The highest BCUT2D eigenvalue weighted by Gasteiger charge is 2.32. The molecule has 8 heteroatoms. The highest BCUT2D eigenvalue weighted by atomic mass is 32.1. The molecule has 144 valence electrons. The highest BCUT2D eigenvalue weighted by Crippen LogP contribution is 2.32. The third kappa shape index (κ3) is 2.98. The van der Waals surface area contributed by atoms with Crippen LogP contribution < -0.4 is 14.7 Å². The van der Waals surface area contributed by atoms with E-state index in [1.807, 2.05) is 46.8 Å². The van der Waals surface area contributed by atoms with Gasteiger partial charge in [0.15, 0.2) is 11.4 Å². The number of nitrogens with zero attached hydrogens (tertiary/aromatic N) is 5. The first-order valence-corrected chi connectivity index (χ1v) is 9.82. The van der Waals surface area contributed by atoms with Crippen molar-refractivity contribution >= 4 is 47.1 Å². The van der Waals surface area contributed by atoms with Crippen LogP contribution in [0, 0.1) is 0 Å². The van der Waals surface area contributed by atoms with Gasteiger partial charge in [0.25, 0.3) is 0 Å². The second kappa shape index (κ2) is 7.03. The molecule has 2 aliphatic heterocycles. The Bertz CT molecular complexity index is 1000. The van der Waals surface area contributed by atoms with Gasteiger partial charge in [-0.25, -0.2) is 14.1 Å². The topological polar surface area (TPSA) is 56.1 Å². The summed E-state index contributed by atoms with van der Waals surface area (Å²) in [7, 11) is 0. The van der Waals surface area contributed by atoms with E-state index in [0.29, 0.717) is 18.9 Å². The van der Waals surface area contributed by atoms with Crippen molar-refractivity contribution in [3.05, 3.63) is 48.7 Å². The van der Waals surface area contributed by atoms with Gasteiger partial charge >= 0.3 is 6.03 Å². The Hall–Kier alpha value is -2.71. The molecule has 0 aliphatic carbocycles. The maximum atomic E-state index is 13.1. The van der Waals surface area contributed by atoms with E-state index in [9.17, 15) is 4.79 Å². The first-order valence-electron chi connectivity index (χ1n) is 9.42. The number of pyridine rings is 1. The summed E-state index contributed by atoms with van der Waals surface area (Å²) < 4.78 is 7.71. The van der Waals surface area contributed by atoms with Crippen molar-refractivity contribution in [3.8, 4) is 0 Å². The number of thiol groups is 1. The van der Waals surface area contributed by atoms with Gasteiger partial charge in [0, 0.05) is 50.3 Å². The summed E-state index contributed by atoms with van der Waals surface area (Å²) in [6.45, 7) is 4.58. The van der Waals surface area contributed by atoms with Gasteiger partial charge in [-0.3, -0.25) is 9.80 Å². The van der Waals surface area contributed by atoms with Crippen molar-refractivity contribution in [1.29, 1.82) is 0 Å². The van der Waals surface area contributed by atoms with Crippen LogP contribution in [0.2, 0.25) is 0 Å². The zero-order chi connectivity index (χ0) is 19.1. The van der Waals surface area contributed by atoms with Crippen LogP contribution in [0.25, 0.3) is 11.0 Å². The van der Waals surface area contributed by atoms with Gasteiger partial charge in [0.1, 0.15) is 5.82 Å². The molecule has 2 aliphatic rings. The van der Waals surface area contributed by atoms with E-state index in [2.05, 4.69) is 17.7 Å². The molecule has 0 N–H and O–H groups in total. The first-order chi connectivity index (χ1) is 13.7. The largest absolute Gasteiger partial charge is 0.460 e. The van der Waals surface area contributed by atoms with Crippen molar-refractivity contribution in [3.63, 3.8) is 0 Å². The number of amides is 2. The molecule has 4 heterocycles. The van der Waals surface area contributed by atoms with E-state index in [1.54, 1.807) is 16.1 Å². The SMILES string of the molecule is O=C1N(c2ccccc2)CCN1c1cc2ccoc2c(N2CCN(S)CC2)n1. The molecule has 0 spiro atoms. The average molecular weight is 395 g/mol. The van der Waals surface area contributed by atoms with Gasteiger partial charge in [0.05, 0.1) is 6.26 Å². The van der Waals surface area contributed by atoms with Crippen molar-refractivity contribution < 1.29 is 9.21 Å². The van der Waals surface area contributed by atoms with Crippen LogP contribution in [-0.2, 0) is 0 Å². The predicted octanol–water partition coefficient (Wildman–Crippen LogP) is 3.24. The third-order valence-corrected chi connectivity index (χ3v) is 5.71. The van der Waals surface area contributed by atoms with Gasteiger partial charge < -0.3 is 9.32 Å². The van der Waals surface area contributed by atoms with E-state index in [-0.39, 0.29) is 6.03 Å². The highest BCUT2D eigenvalue weighted by molar-refractivity contribution is 7.77. The molecule has 5 rings (SSSR count). The number of furan rings is 1. The first kappa shape index (κ1) is 17.4. The van der Waals surface area contributed by atoms with Gasteiger partial charge in [-0.2, -0.15) is 0 Å². The minimum absolute atomic E-state index is 0.0485. The van der Waals surface area contributed by atoms with Gasteiger partial charge in [-0.15, -0.1) is 0 Å². The van der Waals surface area contributed by atoms with Gasteiger partial charge in [-0.1, -0.05) is 31.0 Å². The van der Waals surface area contributed by atoms with Crippen LogP contribution in [0.3, 0.4) is 0 Å². The molecule has 0 bridgehead atoms. The smallest absolute Gasteiger partial charge is 0.330 e. The van der Waals surface area contributed by atoms with E-state index < -0.39 is 0 Å². The Labute approximate surface area is 168 Å². The zero-order valence-corrected chi connectivity index (χ0v) is 16.3. The van der Waals surface area contributed by atoms with Crippen molar-refractivity contribution in [2.75, 3.05) is 54.0 Å². The lowest BCUT2D eigenvalue weighted by Gasteiger charge is -2.32. The summed E-state index contributed by atoms with van der Waals surface area (Å²) in [5.41, 5.74) is 1.67. The molecular weight excluding hydrogens is 374 g/mol. The van der Waals surface area contributed by atoms with Crippen molar-refractivity contribution in [2.24, 2.45) is 0 Å². The lowest BCUT2D eigenvalue weighted by Crippen LogP contribution is -2.43. The van der Waals surface area contributed by atoms with Crippen molar-refractivity contribution in [2.45, 2.75) is 0 Å². The number of rotatable bonds is 3. The minimum atomic E-state index is -0.0485. The molecular formula is C20H21N5O2S. The van der Waals surface area contributed by atoms with E-state index in [4.69, 9.17) is 9.40 Å². The van der Waals surface area contributed by atoms with E-state index in [0.717, 1.165) is 48.7 Å². The van der Waals surface area contributed by atoms with Crippen LogP contribution in [0.1, 0.15) is 0 Å². The zero-order valence-electron chi connectivity index (χ0n) is 15.4. The monoisotopic (exact) mass is 395 g/mol. The van der Waals surface area contributed by atoms with Crippen LogP contribution in [-0.4, -0.2) is 54.6 Å². The summed E-state index contributed by atoms with van der Waals surface area (Å²) >= 11 is 4.43. The normalized spacial score (nSPS) is 18.5. The van der Waals surface area contributed by atoms with Crippen LogP contribution in [0.15, 0.2) is 53.1 Å². The molecule has 7 nitrogen and oxygen atoms in total. The molecule has 2 amide bonds. The number of aromatic nitrogens is 1. The lowest BCUT2D eigenvalue weighted by molar-refractivity contribution is 0.255. The van der Waals surface area contributed by atoms with E-state index >= 15 is 0 Å². The number of benzene rings is 1. The number of anilines is 3. The summed E-state index contributed by atoms with van der Waals surface area (Å²) in [6, 6.07) is 13.6. The van der Waals surface area contributed by atoms with Gasteiger partial charge in [-0.05, 0) is 24.3 Å². The number of carbonyl (C=O) groups is 1. The Morgan fingerprint density at radius 2 is 1.68 bits per heavy atom. The maximum Gasteiger partial charge on any atom is 0.330 e. The number of fused-ring (bicyclic) bond motifs is 1. The Balaban J connectivity index is 1.49. The number of piperazine rings is 1. The standard InChI is InChI=1S/C20H21N5O2S/c26-20-24(16-4-2-1-3-5-16)11-12-25(20)17-14-15-6-13-27-18(15)19(21-17)22-7-9-23(28)10-8-22/h1-6,13-14,28H,7-12H2. The fraction of sp³-hybridized carbons (Fsp3) is 0.300. The summed E-state index contributed by atoms with van der Waals surface area (Å²) in [5.74, 6) is 1.46. The second-order valence-corrected chi connectivity index (χ2v) is 7.57. The molecule has 2 fully saturated rings. The molecule has 2 saturated heterocycles. The number of hydrogen-bond donors (Lipinski definition) is 1. The lowest BCUT2D eigenvalue weighted by atomic mass is 10.2. The molecule has 0 saturated carbocycles. The molecule has 28 heavy (non-hydrogen) atoms. The maximum absolute atomic E-state index is 13.1. The minimum Gasteiger partial charge on any atom is -0.460 e. The second-order valence-electron chi connectivity index (χ2n) is 7.01. The third-order valence-electron chi connectivity index (χ3n) is 5.31. The molecule has 0 atom stereocenters. The average Bonchev–Trinajstić information content (AvgIpc) is 3.35. The molecule has 0 radical (unpaired) electrons. The molecule has 0 unspecified atom stereocenters. The fourth-order valence-corrected chi connectivity index (χ4v) is 3.98. The van der Waals surface area contributed by atoms with Crippen LogP contribution in [0.5, 0.6) is 0 Å².